The van der Waals surface area contributed by atoms with Crippen molar-refractivity contribution in [2.45, 2.75) is 31.7 Å². The molecule has 4 rings (SSSR count). The number of amides is 2. The maximum atomic E-state index is 12.2. The van der Waals surface area contributed by atoms with Crippen LogP contribution in [-0.4, -0.2) is 31.8 Å². The first-order chi connectivity index (χ1) is 12.3. The number of furan rings is 1. The fraction of sp³-hybridized carbons (Fsp3) is 0.294. The van der Waals surface area contributed by atoms with E-state index >= 15 is 0 Å². The molecule has 2 N–H and O–H groups in total. The Morgan fingerprint density at radius 1 is 1.24 bits per heavy atom. The number of nitrogens with zero attached hydrogens (tertiary/aromatic N) is 4. The van der Waals surface area contributed by atoms with E-state index in [1.54, 1.807) is 47.6 Å². The summed E-state index contributed by atoms with van der Waals surface area (Å²) >= 11 is 0. The largest absolute Gasteiger partial charge is 0.461 e. The highest BCUT2D eigenvalue weighted by Crippen LogP contribution is 2.21. The van der Waals surface area contributed by atoms with Crippen LogP contribution in [0, 0.1) is 0 Å². The van der Waals surface area contributed by atoms with E-state index in [0.717, 1.165) is 25.7 Å². The van der Waals surface area contributed by atoms with E-state index in [1.807, 2.05) is 0 Å². The fourth-order valence-electron chi connectivity index (χ4n) is 2.94. The van der Waals surface area contributed by atoms with E-state index in [4.69, 9.17) is 4.42 Å². The number of carbonyl (C=O) groups excluding carboxylic acids is 1. The van der Waals surface area contributed by atoms with E-state index in [0.29, 0.717) is 23.2 Å². The summed E-state index contributed by atoms with van der Waals surface area (Å²) in [6.45, 7) is 0. The molecule has 0 unspecified atom stereocenters. The van der Waals surface area contributed by atoms with Gasteiger partial charge in [-0.1, -0.05) is 12.8 Å². The monoisotopic (exact) mass is 338 g/mol. The highest BCUT2D eigenvalue weighted by Gasteiger charge is 2.18. The Kier molecular flexibility index (Phi) is 4.16. The Morgan fingerprint density at radius 2 is 2.12 bits per heavy atom. The number of hydrogen-bond donors (Lipinski definition) is 2. The van der Waals surface area contributed by atoms with Gasteiger partial charge in [0.25, 0.3) is 0 Å². The molecule has 0 saturated heterocycles. The van der Waals surface area contributed by atoms with E-state index in [9.17, 15) is 4.79 Å². The van der Waals surface area contributed by atoms with Crippen molar-refractivity contribution < 1.29 is 9.21 Å². The maximum Gasteiger partial charge on any atom is 0.320 e. The molecular formula is C17H18N6O2. The van der Waals surface area contributed by atoms with Crippen LogP contribution in [0.5, 0.6) is 0 Å². The lowest BCUT2D eigenvalue weighted by atomic mass is 10.2. The number of anilines is 1. The normalized spacial score (nSPS) is 14.6. The smallest absolute Gasteiger partial charge is 0.320 e. The predicted octanol–water partition coefficient (Wildman–Crippen LogP) is 2.99. The van der Waals surface area contributed by atoms with Crippen LogP contribution in [0.15, 0.2) is 47.3 Å². The predicted molar refractivity (Wildman–Crippen MR) is 91.3 cm³/mol. The van der Waals surface area contributed by atoms with Crippen molar-refractivity contribution in [3.63, 3.8) is 0 Å². The summed E-state index contributed by atoms with van der Waals surface area (Å²) in [7, 11) is 0. The minimum atomic E-state index is -0.262. The number of carbonyl (C=O) groups is 1. The zero-order valence-electron chi connectivity index (χ0n) is 13.6. The first-order valence-corrected chi connectivity index (χ1v) is 8.28. The zero-order valence-corrected chi connectivity index (χ0v) is 13.6. The molecule has 3 aromatic rings. The average molecular weight is 338 g/mol. The summed E-state index contributed by atoms with van der Waals surface area (Å²) in [5.41, 5.74) is 0. The number of urea groups is 1. The van der Waals surface area contributed by atoms with Crippen molar-refractivity contribution in [2.75, 3.05) is 5.32 Å². The molecule has 3 aromatic heterocycles. The van der Waals surface area contributed by atoms with Crippen LogP contribution in [0.4, 0.5) is 10.6 Å². The minimum absolute atomic E-state index is 0.233. The molecule has 2 amide bonds. The first-order valence-electron chi connectivity index (χ1n) is 8.28. The third-order valence-electron chi connectivity index (χ3n) is 4.13. The van der Waals surface area contributed by atoms with Crippen LogP contribution in [0.25, 0.3) is 17.4 Å². The Morgan fingerprint density at radius 3 is 2.84 bits per heavy atom. The van der Waals surface area contributed by atoms with Gasteiger partial charge in [0.15, 0.2) is 17.4 Å². The van der Waals surface area contributed by atoms with Gasteiger partial charge in [-0.25, -0.2) is 19.4 Å². The quantitative estimate of drug-likeness (QED) is 0.762. The standard InChI is InChI=1S/C17H18N6O2/c24-17(19-12-5-1-2-6-12)21-14-11-15(23-9-4-8-18-23)22-16(20-14)13-7-3-10-25-13/h3-4,7-12H,1-2,5-6H2,(H2,19,20,21,22,24). The van der Waals surface area contributed by atoms with Crippen LogP contribution < -0.4 is 10.6 Å². The lowest BCUT2D eigenvalue weighted by molar-refractivity contribution is 0.248. The Bertz CT molecular complexity index is 786. The molecule has 1 saturated carbocycles. The van der Waals surface area contributed by atoms with Crippen LogP contribution >= 0.6 is 0 Å². The van der Waals surface area contributed by atoms with Crippen molar-refractivity contribution in [2.24, 2.45) is 0 Å². The summed E-state index contributed by atoms with van der Waals surface area (Å²) in [6, 6.07) is 6.98. The Balaban J connectivity index is 1.60. The van der Waals surface area contributed by atoms with Gasteiger partial charge in [0, 0.05) is 24.5 Å². The van der Waals surface area contributed by atoms with Gasteiger partial charge in [-0.2, -0.15) is 5.10 Å². The van der Waals surface area contributed by atoms with E-state index < -0.39 is 0 Å². The van der Waals surface area contributed by atoms with Crippen LogP contribution in [-0.2, 0) is 0 Å². The average Bonchev–Trinajstić information content (AvgIpc) is 3.37. The van der Waals surface area contributed by atoms with Crippen molar-refractivity contribution >= 4 is 11.8 Å². The molecule has 1 aliphatic rings. The van der Waals surface area contributed by atoms with Crippen LogP contribution in [0.3, 0.4) is 0 Å². The number of hydrogen-bond acceptors (Lipinski definition) is 5. The second-order valence-corrected chi connectivity index (χ2v) is 5.94. The summed E-state index contributed by atoms with van der Waals surface area (Å²) in [6.07, 6.45) is 9.35. The molecule has 3 heterocycles. The molecule has 0 radical (unpaired) electrons. The highest BCUT2D eigenvalue weighted by atomic mass is 16.3. The second kappa shape index (κ2) is 6.76. The van der Waals surface area contributed by atoms with Crippen molar-refractivity contribution in [1.82, 2.24) is 25.1 Å². The van der Waals surface area contributed by atoms with Crippen molar-refractivity contribution in [3.05, 3.63) is 42.9 Å². The van der Waals surface area contributed by atoms with E-state index in [2.05, 4.69) is 25.7 Å². The third kappa shape index (κ3) is 3.52. The molecule has 1 fully saturated rings. The Hall–Kier alpha value is -3.16. The van der Waals surface area contributed by atoms with Gasteiger partial charge in [0.05, 0.1) is 6.26 Å². The lowest BCUT2D eigenvalue weighted by Crippen LogP contribution is -2.36. The minimum Gasteiger partial charge on any atom is -0.461 e. The molecule has 0 bridgehead atoms. The topological polar surface area (TPSA) is 97.9 Å². The number of nitrogens with one attached hydrogen (secondary N) is 2. The van der Waals surface area contributed by atoms with Crippen LogP contribution in [0.2, 0.25) is 0 Å². The van der Waals surface area contributed by atoms with Gasteiger partial charge in [-0.3, -0.25) is 5.32 Å². The lowest BCUT2D eigenvalue weighted by Gasteiger charge is -2.13. The third-order valence-corrected chi connectivity index (χ3v) is 4.13. The van der Waals surface area contributed by atoms with Gasteiger partial charge in [-0.05, 0) is 31.0 Å². The molecule has 8 nitrogen and oxygen atoms in total. The van der Waals surface area contributed by atoms with Gasteiger partial charge in [0.1, 0.15) is 5.82 Å². The zero-order chi connectivity index (χ0) is 17.1. The molecule has 1 aliphatic carbocycles. The molecule has 128 valence electrons. The summed E-state index contributed by atoms with van der Waals surface area (Å²) in [4.78, 5) is 21.1. The van der Waals surface area contributed by atoms with E-state index in [-0.39, 0.29) is 12.1 Å². The molecular weight excluding hydrogens is 320 g/mol. The summed E-state index contributed by atoms with van der Waals surface area (Å²) in [5.74, 6) is 1.84. The molecule has 0 aromatic carbocycles. The number of rotatable bonds is 4. The van der Waals surface area contributed by atoms with Crippen molar-refractivity contribution in [3.8, 4) is 17.4 Å². The highest BCUT2D eigenvalue weighted by molar-refractivity contribution is 5.88. The SMILES string of the molecule is O=C(Nc1cc(-n2cccn2)nc(-c2ccco2)n1)NC1CCCC1. The second-order valence-electron chi connectivity index (χ2n) is 5.94. The van der Waals surface area contributed by atoms with Gasteiger partial charge in [-0.15, -0.1) is 0 Å². The molecule has 25 heavy (non-hydrogen) atoms. The molecule has 0 spiro atoms. The maximum absolute atomic E-state index is 12.2. The van der Waals surface area contributed by atoms with Gasteiger partial charge in [0.2, 0.25) is 0 Å². The van der Waals surface area contributed by atoms with E-state index in [1.165, 1.54) is 0 Å². The van der Waals surface area contributed by atoms with Gasteiger partial charge >= 0.3 is 6.03 Å². The van der Waals surface area contributed by atoms with Gasteiger partial charge < -0.3 is 9.73 Å². The Labute approximate surface area is 144 Å². The molecule has 0 aliphatic heterocycles. The first kappa shape index (κ1) is 15.4. The van der Waals surface area contributed by atoms with Crippen LogP contribution in [0.1, 0.15) is 25.7 Å². The van der Waals surface area contributed by atoms with Crippen molar-refractivity contribution in [1.29, 1.82) is 0 Å². The summed E-state index contributed by atoms with van der Waals surface area (Å²) in [5, 5.41) is 9.95. The molecule has 8 heteroatoms. The molecule has 0 atom stereocenters. The summed E-state index contributed by atoms with van der Waals surface area (Å²) < 4.78 is 6.98. The fourth-order valence-corrected chi connectivity index (χ4v) is 2.94. The number of aromatic nitrogens is 4.